The van der Waals surface area contributed by atoms with Gasteiger partial charge in [0.2, 0.25) is 5.91 Å². The minimum atomic E-state index is -0.599. The summed E-state index contributed by atoms with van der Waals surface area (Å²) < 4.78 is 13.9. The molecule has 0 saturated carbocycles. The number of carbonyl (C=O) groups excluding carboxylic acids is 2. The van der Waals surface area contributed by atoms with Crippen LogP contribution in [0.4, 0.5) is 4.39 Å². The molecule has 0 N–H and O–H groups in total. The zero-order valence-corrected chi connectivity index (χ0v) is 13.7. The number of hydrogen-bond donors (Lipinski definition) is 0. The van der Waals surface area contributed by atoms with Gasteiger partial charge in [-0.25, -0.2) is 4.39 Å². The Labute approximate surface area is 140 Å². The summed E-state index contributed by atoms with van der Waals surface area (Å²) in [5.74, 6) is -0.801. The van der Waals surface area contributed by atoms with Crippen LogP contribution in [0.15, 0.2) is 18.2 Å². The van der Waals surface area contributed by atoms with Crippen LogP contribution in [-0.2, 0) is 4.79 Å². The lowest BCUT2D eigenvalue weighted by Crippen LogP contribution is -2.44. The van der Waals surface area contributed by atoms with E-state index >= 15 is 0 Å². The van der Waals surface area contributed by atoms with Crippen LogP contribution in [-0.4, -0.2) is 47.8 Å². The largest absolute Gasteiger partial charge is 0.342 e. The topological polar surface area (TPSA) is 40.6 Å². The van der Waals surface area contributed by atoms with Gasteiger partial charge >= 0.3 is 0 Å². The van der Waals surface area contributed by atoms with Crippen LogP contribution >= 0.6 is 11.6 Å². The van der Waals surface area contributed by atoms with Gasteiger partial charge in [0, 0.05) is 32.1 Å². The number of benzene rings is 1. The van der Waals surface area contributed by atoms with E-state index in [1.165, 1.54) is 18.2 Å². The second-order valence-corrected chi connectivity index (χ2v) is 6.60. The van der Waals surface area contributed by atoms with Crippen molar-refractivity contribution in [3.05, 3.63) is 34.6 Å². The SMILES string of the molecule is O=C(c1c(F)cccc1Cl)N1CCC(C(=O)N2CCCC2)CC1. The van der Waals surface area contributed by atoms with E-state index in [1.807, 2.05) is 4.90 Å². The van der Waals surface area contributed by atoms with Crippen molar-refractivity contribution in [1.29, 1.82) is 0 Å². The Morgan fingerprint density at radius 1 is 1.04 bits per heavy atom. The molecule has 2 fully saturated rings. The fraction of sp³-hybridized carbons (Fsp3) is 0.529. The summed E-state index contributed by atoms with van der Waals surface area (Å²) in [7, 11) is 0. The fourth-order valence-electron chi connectivity index (χ4n) is 3.39. The van der Waals surface area contributed by atoms with E-state index in [0.29, 0.717) is 25.9 Å². The van der Waals surface area contributed by atoms with E-state index in [2.05, 4.69) is 0 Å². The Morgan fingerprint density at radius 3 is 2.30 bits per heavy atom. The van der Waals surface area contributed by atoms with Crippen molar-refractivity contribution in [3.8, 4) is 0 Å². The Bertz CT molecular complexity index is 588. The molecular formula is C17H20ClFN2O2. The monoisotopic (exact) mass is 338 g/mol. The third kappa shape index (κ3) is 3.34. The molecule has 0 aliphatic carbocycles. The first-order chi connectivity index (χ1) is 11.1. The summed E-state index contributed by atoms with van der Waals surface area (Å²) >= 11 is 5.96. The second-order valence-electron chi connectivity index (χ2n) is 6.20. The highest BCUT2D eigenvalue weighted by Gasteiger charge is 2.32. The predicted molar refractivity (Wildman–Crippen MR) is 85.9 cm³/mol. The summed E-state index contributed by atoms with van der Waals surface area (Å²) in [6.07, 6.45) is 3.42. The zero-order chi connectivity index (χ0) is 16.4. The number of piperidine rings is 1. The molecule has 23 heavy (non-hydrogen) atoms. The van der Waals surface area contributed by atoms with E-state index in [9.17, 15) is 14.0 Å². The van der Waals surface area contributed by atoms with Crippen molar-refractivity contribution in [2.75, 3.05) is 26.2 Å². The van der Waals surface area contributed by atoms with Crippen molar-refractivity contribution < 1.29 is 14.0 Å². The number of likely N-dealkylation sites (tertiary alicyclic amines) is 2. The Balaban J connectivity index is 1.62. The van der Waals surface area contributed by atoms with Crippen LogP contribution in [0.3, 0.4) is 0 Å². The lowest BCUT2D eigenvalue weighted by atomic mass is 9.95. The third-order valence-corrected chi connectivity index (χ3v) is 5.04. The Morgan fingerprint density at radius 2 is 1.70 bits per heavy atom. The van der Waals surface area contributed by atoms with Crippen molar-refractivity contribution >= 4 is 23.4 Å². The average molecular weight is 339 g/mol. The van der Waals surface area contributed by atoms with Crippen molar-refractivity contribution in [3.63, 3.8) is 0 Å². The molecule has 2 amide bonds. The number of rotatable bonds is 2. The molecule has 0 aromatic heterocycles. The molecular weight excluding hydrogens is 319 g/mol. The van der Waals surface area contributed by atoms with Crippen LogP contribution in [0.1, 0.15) is 36.0 Å². The smallest absolute Gasteiger partial charge is 0.258 e. The van der Waals surface area contributed by atoms with E-state index in [-0.39, 0.29) is 28.3 Å². The predicted octanol–water partition coefficient (Wildman–Crippen LogP) is 2.95. The molecule has 0 radical (unpaired) electrons. The molecule has 3 rings (SSSR count). The lowest BCUT2D eigenvalue weighted by molar-refractivity contribution is -0.135. The highest BCUT2D eigenvalue weighted by atomic mass is 35.5. The van der Waals surface area contributed by atoms with Crippen LogP contribution < -0.4 is 0 Å². The standard InChI is InChI=1S/C17H20ClFN2O2/c18-13-4-3-5-14(19)15(13)17(23)21-10-6-12(7-11-21)16(22)20-8-1-2-9-20/h3-5,12H,1-2,6-11H2. The van der Waals surface area contributed by atoms with E-state index in [1.54, 1.807) is 4.90 Å². The van der Waals surface area contributed by atoms with Crippen LogP contribution in [0.5, 0.6) is 0 Å². The van der Waals surface area contributed by atoms with Gasteiger partial charge in [-0.2, -0.15) is 0 Å². The number of amides is 2. The van der Waals surface area contributed by atoms with Crippen molar-refractivity contribution in [2.24, 2.45) is 5.92 Å². The maximum atomic E-state index is 13.9. The molecule has 4 nitrogen and oxygen atoms in total. The molecule has 6 heteroatoms. The van der Waals surface area contributed by atoms with E-state index in [4.69, 9.17) is 11.6 Å². The normalized spacial score (nSPS) is 19.2. The fourth-order valence-corrected chi connectivity index (χ4v) is 3.63. The second kappa shape index (κ2) is 6.87. The summed E-state index contributed by atoms with van der Waals surface area (Å²) in [6.45, 7) is 2.63. The van der Waals surface area contributed by atoms with Gasteiger partial charge in [-0.3, -0.25) is 9.59 Å². The maximum absolute atomic E-state index is 13.9. The summed E-state index contributed by atoms with van der Waals surface area (Å²) in [6, 6.07) is 4.24. The van der Waals surface area contributed by atoms with Crippen LogP contribution in [0.2, 0.25) is 5.02 Å². The number of nitrogens with zero attached hydrogens (tertiary/aromatic N) is 2. The van der Waals surface area contributed by atoms with Crippen molar-refractivity contribution in [1.82, 2.24) is 9.80 Å². The zero-order valence-electron chi connectivity index (χ0n) is 12.9. The van der Waals surface area contributed by atoms with Gasteiger partial charge in [0.05, 0.1) is 10.6 Å². The minimum Gasteiger partial charge on any atom is -0.342 e. The van der Waals surface area contributed by atoms with Gasteiger partial charge in [-0.15, -0.1) is 0 Å². The number of halogens is 2. The summed E-state index contributed by atoms with van der Waals surface area (Å²) in [5.41, 5.74) is -0.0708. The minimum absolute atomic E-state index is 0.0201. The highest BCUT2D eigenvalue weighted by Crippen LogP contribution is 2.26. The summed E-state index contributed by atoms with van der Waals surface area (Å²) in [4.78, 5) is 28.4. The highest BCUT2D eigenvalue weighted by molar-refractivity contribution is 6.33. The first-order valence-corrected chi connectivity index (χ1v) is 8.48. The van der Waals surface area contributed by atoms with Crippen molar-refractivity contribution in [2.45, 2.75) is 25.7 Å². The van der Waals surface area contributed by atoms with Crippen LogP contribution in [0.25, 0.3) is 0 Å². The number of hydrogen-bond acceptors (Lipinski definition) is 2. The average Bonchev–Trinajstić information content (AvgIpc) is 3.08. The Kier molecular flexibility index (Phi) is 4.85. The van der Waals surface area contributed by atoms with E-state index in [0.717, 1.165) is 25.9 Å². The summed E-state index contributed by atoms with van der Waals surface area (Å²) in [5, 5.41) is 0.130. The van der Waals surface area contributed by atoms with Gasteiger partial charge in [0.25, 0.3) is 5.91 Å². The Hall–Kier alpha value is -1.62. The first kappa shape index (κ1) is 16.2. The third-order valence-electron chi connectivity index (χ3n) is 4.73. The molecule has 1 aromatic rings. The molecule has 124 valence electrons. The molecule has 2 aliphatic heterocycles. The van der Waals surface area contributed by atoms with Crippen LogP contribution in [0, 0.1) is 11.7 Å². The number of carbonyl (C=O) groups is 2. The molecule has 0 bridgehead atoms. The van der Waals surface area contributed by atoms with Gasteiger partial charge in [0.1, 0.15) is 5.82 Å². The van der Waals surface area contributed by atoms with Gasteiger partial charge in [-0.1, -0.05) is 17.7 Å². The molecule has 0 unspecified atom stereocenters. The molecule has 2 heterocycles. The molecule has 0 spiro atoms. The molecule has 2 saturated heterocycles. The quantitative estimate of drug-likeness (QED) is 0.832. The molecule has 2 aliphatic rings. The molecule has 1 aromatic carbocycles. The van der Waals surface area contributed by atoms with Gasteiger partial charge < -0.3 is 9.80 Å². The van der Waals surface area contributed by atoms with Gasteiger partial charge in [0.15, 0.2) is 0 Å². The maximum Gasteiger partial charge on any atom is 0.258 e. The first-order valence-electron chi connectivity index (χ1n) is 8.10. The van der Waals surface area contributed by atoms with E-state index < -0.39 is 5.82 Å². The van der Waals surface area contributed by atoms with Gasteiger partial charge in [-0.05, 0) is 37.8 Å². The lowest BCUT2D eigenvalue weighted by Gasteiger charge is -2.33. The molecule has 0 atom stereocenters.